The van der Waals surface area contributed by atoms with Crippen molar-refractivity contribution in [3.05, 3.63) is 23.1 Å². The summed E-state index contributed by atoms with van der Waals surface area (Å²) < 4.78 is 18.8. The van der Waals surface area contributed by atoms with E-state index in [1.807, 2.05) is 0 Å². The van der Waals surface area contributed by atoms with Crippen molar-refractivity contribution in [2.24, 2.45) is 17.6 Å². The molecule has 0 amide bonds. The van der Waals surface area contributed by atoms with E-state index in [1.54, 1.807) is 0 Å². The molecule has 2 unspecified atom stereocenters. The number of hydrogen-bond acceptors (Lipinski definition) is 3. The number of rotatable bonds is 4. The lowest BCUT2D eigenvalue weighted by atomic mass is 9.97. The van der Waals surface area contributed by atoms with Crippen LogP contribution in [-0.4, -0.2) is 18.1 Å². The molecular formula is C12H16ClFN2O. The minimum atomic E-state index is -0.514. The molecule has 0 bridgehead atoms. The predicted molar refractivity (Wildman–Crippen MR) is 64.6 cm³/mol. The van der Waals surface area contributed by atoms with Crippen LogP contribution in [-0.2, 0) is 0 Å². The molecule has 2 N–H and O–H groups in total. The van der Waals surface area contributed by atoms with Gasteiger partial charge in [-0.15, -0.1) is 0 Å². The highest BCUT2D eigenvalue weighted by atomic mass is 35.5. The van der Waals surface area contributed by atoms with E-state index >= 15 is 0 Å². The van der Waals surface area contributed by atoms with Crippen molar-refractivity contribution < 1.29 is 9.13 Å². The van der Waals surface area contributed by atoms with E-state index in [-0.39, 0.29) is 10.9 Å². The minimum Gasteiger partial charge on any atom is -0.475 e. The summed E-state index contributed by atoms with van der Waals surface area (Å²) in [6.07, 6.45) is 4.79. The molecule has 17 heavy (non-hydrogen) atoms. The van der Waals surface area contributed by atoms with Crippen molar-refractivity contribution in [3.8, 4) is 5.88 Å². The van der Waals surface area contributed by atoms with Crippen LogP contribution >= 0.6 is 11.6 Å². The van der Waals surface area contributed by atoms with Crippen molar-refractivity contribution in [2.45, 2.75) is 19.3 Å². The van der Waals surface area contributed by atoms with Crippen molar-refractivity contribution in [1.29, 1.82) is 0 Å². The van der Waals surface area contributed by atoms with Crippen LogP contribution in [0.4, 0.5) is 4.39 Å². The van der Waals surface area contributed by atoms with Gasteiger partial charge >= 0.3 is 0 Å². The number of hydrogen-bond donors (Lipinski definition) is 1. The lowest BCUT2D eigenvalue weighted by Crippen LogP contribution is -2.23. The summed E-state index contributed by atoms with van der Waals surface area (Å²) in [5.74, 6) is 0.416. The number of aromatic nitrogens is 1. The van der Waals surface area contributed by atoms with E-state index in [9.17, 15) is 4.39 Å². The average molecular weight is 259 g/mol. The fraction of sp³-hybridized carbons (Fsp3) is 0.583. The lowest BCUT2D eigenvalue weighted by molar-refractivity contribution is 0.202. The third kappa shape index (κ3) is 3.07. The molecule has 1 aliphatic rings. The van der Waals surface area contributed by atoms with Gasteiger partial charge < -0.3 is 10.5 Å². The highest BCUT2D eigenvalue weighted by Crippen LogP contribution is 2.31. The van der Waals surface area contributed by atoms with E-state index in [1.165, 1.54) is 18.7 Å². The van der Waals surface area contributed by atoms with Gasteiger partial charge in [0.15, 0.2) is 5.82 Å². The molecule has 0 aromatic carbocycles. The first kappa shape index (κ1) is 12.6. The average Bonchev–Trinajstić information content (AvgIpc) is 2.75. The SMILES string of the molecule is NCC1CCCC1COc1ncc(Cl)cc1F. The van der Waals surface area contributed by atoms with Crippen molar-refractivity contribution in [2.75, 3.05) is 13.2 Å². The maximum atomic E-state index is 13.4. The Morgan fingerprint density at radius 1 is 1.47 bits per heavy atom. The molecule has 1 saturated carbocycles. The maximum Gasteiger partial charge on any atom is 0.250 e. The number of pyridine rings is 1. The molecule has 2 rings (SSSR count). The van der Waals surface area contributed by atoms with Gasteiger partial charge in [0.1, 0.15) is 0 Å². The van der Waals surface area contributed by atoms with E-state index in [0.717, 1.165) is 12.8 Å². The summed E-state index contributed by atoms with van der Waals surface area (Å²) in [5, 5.41) is 0.274. The summed E-state index contributed by atoms with van der Waals surface area (Å²) in [6.45, 7) is 1.15. The molecule has 94 valence electrons. The topological polar surface area (TPSA) is 48.1 Å². The Morgan fingerprint density at radius 3 is 2.94 bits per heavy atom. The number of ether oxygens (including phenoxy) is 1. The summed E-state index contributed by atoms with van der Waals surface area (Å²) in [4.78, 5) is 3.83. The monoisotopic (exact) mass is 258 g/mol. The zero-order chi connectivity index (χ0) is 12.3. The normalized spacial score (nSPS) is 23.9. The van der Waals surface area contributed by atoms with Gasteiger partial charge in [0.2, 0.25) is 5.88 Å². The van der Waals surface area contributed by atoms with E-state index in [2.05, 4.69) is 4.98 Å². The Labute approximate surface area is 105 Å². The molecule has 1 aromatic rings. The third-order valence-electron chi connectivity index (χ3n) is 3.33. The first-order valence-corrected chi connectivity index (χ1v) is 6.22. The fourth-order valence-electron chi connectivity index (χ4n) is 2.34. The van der Waals surface area contributed by atoms with Gasteiger partial charge in [0.25, 0.3) is 0 Å². The summed E-state index contributed by atoms with van der Waals surface area (Å²) in [5.41, 5.74) is 5.68. The van der Waals surface area contributed by atoms with Crippen molar-refractivity contribution in [3.63, 3.8) is 0 Å². The van der Waals surface area contributed by atoms with Crippen LogP contribution in [0, 0.1) is 17.7 Å². The van der Waals surface area contributed by atoms with Gasteiger partial charge in [0, 0.05) is 6.20 Å². The molecule has 2 atom stereocenters. The highest BCUT2D eigenvalue weighted by molar-refractivity contribution is 6.30. The van der Waals surface area contributed by atoms with Gasteiger partial charge in [-0.2, -0.15) is 0 Å². The molecule has 0 aliphatic heterocycles. The third-order valence-corrected chi connectivity index (χ3v) is 3.53. The van der Waals surface area contributed by atoms with Crippen LogP contribution in [0.15, 0.2) is 12.3 Å². The van der Waals surface area contributed by atoms with Crippen LogP contribution in [0.25, 0.3) is 0 Å². The second-order valence-electron chi connectivity index (χ2n) is 4.44. The highest BCUT2D eigenvalue weighted by Gasteiger charge is 2.26. The molecule has 5 heteroatoms. The first-order chi connectivity index (χ1) is 8.20. The van der Waals surface area contributed by atoms with Crippen LogP contribution < -0.4 is 10.5 Å². The summed E-state index contributed by atoms with van der Waals surface area (Å²) >= 11 is 5.62. The van der Waals surface area contributed by atoms with Gasteiger partial charge in [0.05, 0.1) is 11.6 Å². The molecule has 1 fully saturated rings. The van der Waals surface area contributed by atoms with Crippen molar-refractivity contribution in [1.82, 2.24) is 4.98 Å². The Balaban J connectivity index is 1.93. The second-order valence-corrected chi connectivity index (χ2v) is 4.87. The van der Waals surface area contributed by atoms with Crippen LogP contribution in [0.1, 0.15) is 19.3 Å². The molecule has 0 radical (unpaired) electrons. The van der Waals surface area contributed by atoms with Crippen LogP contribution in [0.3, 0.4) is 0 Å². The van der Waals surface area contributed by atoms with Gasteiger partial charge in [-0.3, -0.25) is 0 Å². The molecule has 1 heterocycles. The Hall–Kier alpha value is -0.870. The van der Waals surface area contributed by atoms with E-state index in [0.29, 0.717) is 25.0 Å². The molecule has 3 nitrogen and oxygen atoms in total. The summed E-state index contributed by atoms with van der Waals surface area (Å²) in [7, 11) is 0. The molecule has 0 saturated heterocycles. The zero-order valence-corrected chi connectivity index (χ0v) is 10.3. The van der Waals surface area contributed by atoms with Gasteiger partial charge in [-0.25, -0.2) is 9.37 Å². The zero-order valence-electron chi connectivity index (χ0n) is 9.53. The quantitative estimate of drug-likeness (QED) is 0.903. The van der Waals surface area contributed by atoms with Crippen LogP contribution in [0.5, 0.6) is 5.88 Å². The number of nitrogens with zero attached hydrogens (tertiary/aromatic N) is 1. The fourth-order valence-corrected chi connectivity index (χ4v) is 2.48. The van der Waals surface area contributed by atoms with Gasteiger partial charge in [-0.1, -0.05) is 18.0 Å². The molecule has 1 aliphatic carbocycles. The van der Waals surface area contributed by atoms with Crippen LogP contribution in [0.2, 0.25) is 5.02 Å². The van der Waals surface area contributed by atoms with Crippen molar-refractivity contribution >= 4 is 11.6 Å². The Bertz CT molecular complexity index is 389. The number of halogens is 2. The molecular weight excluding hydrogens is 243 g/mol. The van der Waals surface area contributed by atoms with E-state index < -0.39 is 5.82 Å². The standard InChI is InChI=1S/C12H16ClFN2O/c13-10-4-11(14)12(16-6-10)17-7-9-3-1-2-8(9)5-15/h4,6,8-9H,1-3,5,7,15H2. The minimum absolute atomic E-state index is 0.0251. The molecule has 0 spiro atoms. The molecule has 1 aromatic heterocycles. The maximum absolute atomic E-state index is 13.4. The predicted octanol–water partition coefficient (Wildman–Crippen LogP) is 2.63. The Kier molecular flexibility index (Phi) is 4.18. The number of nitrogens with two attached hydrogens (primary N) is 1. The smallest absolute Gasteiger partial charge is 0.250 e. The largest absolute Gasteiger partial charge is 0.475 e. The Morgan fingerprint density at radius 2 is 2.24 bits per heavy atom. The summed E-state index contributed by atoms with van der Waals surface area (Å²) in [6, 6.07) is 1.21. The van der Waals surface area contributed by atoms with Gasteiger partial charge in [-0.05, 0) is 37.3 Å². The lowest BCUT2D eigenvalue weighted by Gasteiger charge is -2.17. The first-order valence-electron chi connectivity index (χ1n) is 5.84. The van der Waals surface area contributed by atoms with E-state index in [4.69, 9.17) is 22.1 Å². The second kappa shape index (κ2) is 5.65.